The van der Waals surface area contributed by atoms with Crippen LogP contribution in [0.5, 0.6) is 0 Å². The van der Waals surface area contributed by atoms with Crippen LogP contribution in [0.25, 0.3) is 11.1 Å². The molecule has 0 aromatic heterocycles. The van der Waals surface area contributed by atoms with E-state index in [9.17, 15) is 16.8 Å². The average molecular weight is 325 g/mol. The Hall–Kier alpha value is -1.70. The highest BCUT2D eigenvalue weighted by molar-refractivity contribution is 7.91. The van der Waals surface area contributed by atoms with Gasteiger partial charge in [0.1, 0.15) is 0 Å². The minimum absolute atomic E-state index is 0.0733. The molecule has 2 N–H and O–H groups in total. The lowest BCUT2D eigenvalue weighted by Gasteiger charge is -2.14. The molecule has 0 bridgehead atoms. The number of nitrogens with two attached hydrogens (primary N) is 1. The zero-order valence-corrected chi connectivity index (χ0v) is 13.2. The Morgan fingerprint density at radius 3 is 2.00 bits per heavy atom. The van der Waals surface area contributed by atoms with E-state index in [0.717, 1.165) is 6.26 Å². The molecular formula is C14H15NO4S2. The Morgan fingerprint density at radius 1 is 0.857 bits per heavy atom. The molecule has 0 aliphatic carbocycles. The molecule has 2 aromatic carbocycles. The van der Waals surface area contributed by atoms with E-state index in [-0.39, 0.29) is 9.79 Å². The normalized spacial score (nSPS) is 12.3. The van der Waals surface area contributed by atoms with Crippen LogP contribution in [0.4, 0.5) is 0 Å². The van der Waals surface area contributed by atoms with Gasteiger partial charge in [0.15, 0.2) is 9.84 Å². The SMILES string of the molecule is Cc1cccc(S(N)(=O)=O)c1-c1ccccc1S(C)(=O)=O. The van der Waals surface area contributed by atoms with Gasteiger partial charge in [0, 0.05) is 17.4 Å². The molecule has 7 heteroatoms. The van der Waals surface area contributed by atoms with Crippen LogP contribution in [-0.4, -0.2) is 23.1 Å². The van der Waals surface area contributed by atoms with E-state index in [1.807, 2.05) is 0 Å². The molecule has 0 unspecified atom stereocenters. The van der Waals surface area contributed by atoms with Crippen molar-refractivity contribution in [3.8, 4) is 11.1 Å². The molecule has 0 saturated carbocycles. The zero-order chi connectivity index (χ0) is 15.8. The molecule has 0 amide bonds. The fourth-order valence-electron chi connectivity index (χ4n) is 2.22. The second-order valence-corrected chi connectivity index (χ2v) is 8.28. The molecule has 2 aromatic rings. The number of hydrogen-bond acceptors (Lipinski definition) is 4. The smallest absolute Gasteiger partial charge is 0.225 e. The third-order valence-corrected chi connectivity index (χ3v) is 5.21. The molecule has 0 aliphatic rings. The topological polar surface area (TPSA) is 94.3 Å². The van der Waals surface area contributed by atoms with Crippen molar-refractivity contribution in [2.75, 3.05) is 6.26 Å². The Morgan fingerprint density at radius 2 is 1.43 bits per heavy atom. The molecule has 5 nitrogen and oxygen atoms in total. The van der Waals surface area contributed by atoms with Gasteiger partial charge >= 0.3 is 0 Å². The molecule has 0 aliphatic heterocycles. The standard InChI is InChI=1S/C14H15NO4S2/c1-10-6-5-9-13(21(15,18)19)14(10)11-7-3-4-8-12(11)20(2,16)17/h3-9H,1-2H3,(H2,15,18,19). The molecule has 0 spiro atoms. The van der Waals surface area contributed by atoms with Gasteiger partial charge in [-0.25, -0.2) is 22.0 Å². The van der Waals surface area contributed by atoms with Gasteiger partial charge in [-0.2, -0.15) is 0 Å². The summed E-state index contributed by atoms with van der Waals surface area (Å²) in [5, 5.41) is 5.25. The summed E-state index contributed by atoms with van der Waals surface area (Å²) in [5.41, 5.74) is 1.29. The maximum absolute atomic E-state index is 11.9. The van der Waals surface area contributed by atoms with Crippen molar-refractivity contribution in [3.63, 3.8) is 0 Å². The Kier molecular flexibility index (Phi) is 3.92. The van der Waals surface area contributed by atoms with Gasteiger partial charge in [-0.15, -0.1) is 0 Å². The van der Waals surface area contributed by atoms with Crippen LogP contribution in [0.3, 0.4) is 0 Å². The van der Waals surface area contributed by atoms with Gasteiger partial charge in [0.2, 0.25) is 10.0 Å². The molecular weight excluding hydrogens is 310 g/mol. The Bertz CT molecular complexity index is 900. The molecule has 2 rings (SSSR count). The average Bonchev–Trinajstić information content (AvgIpc) is 2.36. The van der Waals surface area contributed by atoms with Crippen LogP contribution in [-0.2, 0) is 19.9 Å². The lowest BCUT2D eigenvalue weighted by Crippen LogP contribution is -2.14. The largest absolute Gasteiger partial charge is 0.238 e. The second-order valence-electron chi connectivity index (χ2n) is 4.76. The lowest BCUT2D eigenvalue weighted by atomic mass is 10.0. The van der Waals surface area contributed by atoms with E-state index >= 15 is 0 Å². The van der Waals surface area contributed by atoms with Gasteiger partial charge in [-0.05, 0) is 24.6 Å². The number of sulfonamides is 1. The number of aryl methyl sites for hydroxylation is 1. The van der Waals surface area contributed by atoms with Gasteiger partial charge < -0.3 is 0 Å². The number of rotatable bonds is 3. The first kappa shape index (κ1) is 15.7. The molecule has 0 fully saturated rings. The van der Waals surface area contributed by atoms with E-state index in [4.69, 9.17) is 5.14 Å². The van der Waals surface area contributed by atoms with Gasteiger partial charge in [-0.1, -0.05) is 30.3 Å². The monoisotopic (exact) mass is 325 g/mol. The summed E-state index contributed by atoms with van der Waals surface area (Å²) in [6, 6.07) is 10.9. The van der Waals surface area contributed by atoms with Crippen LogP contribution >= 0.6 is 0 Å². The Balaban J connectivity index is 2.94. The fourth-order valence-corrected chi connectivity index (χ4v) is 3.94. The number of primary sulfonamides is 1. The van der Waals surface area contributed by atoms with Crippen molar-refractivity contribution in [1.29, 1.82) is 0 Å². The van der Waals surface area contributed by atoms with Crippen molar-refractivity contribution in [1.82, 2.24) is 0 Å². The summed E-state index contributed by atoms with van der Waals surface area (Å²) < 4.78 is 47.4. The van der Waals surface area contributed by atoms with Crippen LogP contribution < -0.4 is 5.14 Å². The van der Waals surface area contributed by atoms with Crippen LogP contribution in [0, 0.1) is 6.92 Å². The van der Waals surface area contributed by atoms with E-state index in [2.05, 4.69) is 0 Å². The maximum atomic E-state index is 11.9. The highest BCUT2D eigenvalue weighted by atomic mass is 32.2. The first-order chi connectivity index (χ1) is 9.62. The second kappa shape index (κ2) is 5.25. The molecule has 0 heterocycles. The van der Waals surface area contributed by atoms with Gasteiger partial charge in [-0.3, -0.25) is 0 Å². The summed E-state index contributed by atoms with van der Waals surface area (Å²) in [7, 11) is -7.46. The first-order valence-electron chi connectivity index (χ1n) is 6.04. The van der Waals surface area contributed by atoms with Crippen molar-refractivity contribution in [2.24, 2.45) is 5.14 Å². The van der Waals surface area contributed by atoms with E-state index in [1.165, 1.54) is 12.1 Å². The highest BCUT2D eigenvalue weighted by Gasteiger charge is 2.22. The Labute approximate surface area is 124 Å². The van der Waals surface area contributed by atoms with Crippen LogP contribution in [0.2, 0.25) is 0 Å². The minimum Gasteiger partial charge on any atom is -0.225 e. The molecule has 0 atom stereocenters. The van der Waals surface area contributed by atoms with Crippen molar-refractivity contribution >= 4 is 19.9 Å². The third-order valence-electron chi connectivity index (χ3n) is 3.10. The summed E-state index contributed by atoms with van der Waals surface area (Å²) in [4.78, 5) is -0.0113. The summed E-state index contributed by atoms with van der Waals surface area (Å²) in [5.74, 6) is 0. The predicted octanol–water partition coefficient (Wildman–Crippen LogP) is 1.71. The quantitative estimate of drug-likeness (QED) is 0.929. The number of sulfone groups is 1. The summed E-state index contributed by atoms with van der Waals surface area (Å²) >= 11 is 0. The highest BCUT2D eigenvalue weighted by Crippen LogP contribution is 2.34. The van der Waals surface area contributed by atoms with Gasteiger partial charge in [0.25, 0.3) is 0 Å². The molecule has 0 saturated heterocycles. The first-order valence-corrected chi connectivity index (χ1v) is 9.48. The van der Waals surface area contributed by atoms with Crippen molar-refractivity contribution in [3.05, 3.63) is 48.0 Å². The molecule has 112 valence electrons. The van der Waals surface area contributed by atoms with Crippen LogP contribution in [0.15, 0.2) is 52.3 Å². The maximum Gasteiger partial charge on any atom is 0.238 e. The summed E-state index contributed by atoms with van der Waals surface area (Å²) in [6.07, 6.45) is 1.08. The van der Waals surface area contributed by atoms with E-state index in [0.29, 0.717) is 16.7 Å². The predicted molar refractivity (Wildman–Crippen MR) is 81.1 cm³/mol. The van der Waals surface area contributed by atoms with Crippen molar-refractivity contribution < 1.29 is 16.8 Å². The van der Waals surface area contributed by atoms with Crippen LogP contribution in [0.1, 0.15) is 5.56 Å². The van der Waals surface area contributed by atoms with E-state index < -0.39 is 19.9 Å². The fraction of sp³-hybridized carbons (Fsp3) is 0.143. The van der Waals surface area contributed by atoms with Gasteiger partial charge in [0.05, 0.1) is 9.79 Å². The molecule has 0 radical (unpaired) electrons. The third kappa shape index (κ3) is 3.15. The van der Waals surface area contributed by atoms with E-state index in [1.54, 1.807) is 37.3 Å². The van der Waals surface area contributed by atoms with Crippen molar-refractivity contribution in [2.45, 2.75) is 16.7 Å². The molecule has 21 heavy (non-hydrogen) atoms. The lowest BCUT2D eigenvalue weighted by molar-refractivity contribution is 0.596. The summed E-state index contributed by atoms with van der Waals surface area (Å²) in [6.45, 7) is 1.71. The number of hydrogen-bond donors (Lipinski definition) is 1. The number of benzene rings is 2. The minimum atomic E-state index is -3.96. The zero-order valence-electron chi connectivity index (χ0n) is 11.6.